The number of rotatable bonds is 9. The third kappa shape index (κ3) is 5.36. The van der Waals surface area contributed by atoms with E-state index in [-0.39, 0.29) is 23.8 Å². The normalized spacial score (nSPS) is 28.4. The van der Waals surface area contributed by atoms with Crippen LogP contribution in [0.15, 0.2) is 60.7 Å². The molecule has 9 heteroatoms. The van der Waals surface area contributed by atoms with E-state index in [1.165, 1.54) is 12.0 Å². The molecule has 6 rings (SSSR count). The first-order valence-corrected chi connectivity index (χ1v) is 15.4. The van der Waals surface area contributed by atoms with Crippen LogP contribution in [0, 0.1) is 18.8 Å². The van der Waals surface area contributed by atoms with Crippen LogP contribution < -0.4 is 10.6 Å². The first-order chi connectivity index (χ1) is 20.3. The van der Waals surface area contributed by atoms with Gasteiger partial charge in [0.1, 0.15) is 11.6 Å². The molecule has 2 saturated heterocycles. The number of anilines is 1. The van der Waals surface area contributed by atoms with Gasteiger partial charge in [-0.2, -0.15) is 0 Å². The minimum absolute atomic E-state index is 0.0902. The highest BCUT2D eigenvalue weighted by Gasteiger charge is 2.72. The van der Waals surface area contributed by atoms with Gasteiger partial charge in [-0.1, -0.05) is 79.4 Å². The summed E-state index contributed by atoms with van der Waals surface area (Å²) < 4.78 is 6.49. The lowest BCUT2D eigenvalue weighted by molar-refractivity contribution is -0.141. The van der Waals surface area contributed by atoms with Gasteiger partial charge in [0.25, 0.3) is 0 Å². The molecule has 42 heavy (non-hydrogen) atoms. The predicted molar refractivity (Wildman–Crippen MR) is 162 cm³/mol. The van der Waals surface area contributed by atoms with Crippen LogP contribution in [0.3, 0.4) is 0 Å². The largest absolute Gasteiger partial charge is 0.359 e. The number of benzene rings is 2. The molecule has 0 aromatic heterocycles. The zero-order valence-electron chi connectivity index (χ0n) is 24.2. The zero-order chi connectivity index (χ0) is 29.4. The van der Waals surface area contributed by atoms with Gasteiger partial charge in [0.2, 0.25) is 17.7 Å². The van der Waals surface area contributed by atoms with E-state index in [1.54, 1.807) is 17.0 Å². The number of aryl methyl sites for hydroxylation is 1. The fourth-order valence-electron chi connectivity index (χ4n) is 7.18. The van der Waals surface area contributed by atoms with Gasteiger partial charge in [0.05, 0.1) is 17.9 Å². The molecule has 2 bridgehead atoms. The third-order valence-corrected chi connectivity index (χ3v) is 9.74. The predicted octanol–water partition coefficient (Wildman–Crippen LogP) is 4.32. The van der Waals surface area contributed by atoms with Crippen LogP contribution in [0.4, 0.5) is 5.69 Å². The smallest absolute Gasteiger partial charge is 0.246 e. The van der Waals surface area contributed by atoms with E-state index in [4.69, 9.17) is 16.3 Å². The number of fused-ring (bicyclic) bond motifs is 1. The summed E-state index contributed by atoms with van der Waals surface area (Å²) in [7, 11) is 2.01. The van der Waals surface area contributed by atoms with Gasteiger partial charge in [-0.05, 0) is 50.1 Å². The Kier molecular flexibility index (Phi) is 8.13. The van der Waals surface area contributed by atoms with Crippen LogP contribution in [0.1, 0.15) is 43.2 Å². The summed E-state index contributed by atoms with van der Waals surface area (Å²) in [6.07, 6.45) is 8.36. The van der Waals surface area contributed by atoms with Crippen molar-refractivity contribution in [3.8, 4) is 0 Å². The summed E-state index contributed by atoms with van der Waals surface area (Å²) in [5.74, 6) is -2.24. The number of ether oxygens (including phenoxy) is 1. The molecule has 2 aromatic rings. The molecule has 3 heterocycles. The number of likely N-dealkylation sites (N-methyl/N-ethyl adjacent to an activating group) is 1. The number of hydrogen-bond acceptors (Lipinski definition) is 5. The second-order valence-corrected chi connectivity index (χ2v) is 12.7. The Morgan fingerprint density at radius 2 is 1.86 bits per heavy atom. The third-order valence-electron chi connectivity index (χ3n) is 9.33. The molecule has 0 unspecified atom stereocenters. The maximum atomic E-state index is 14.2. The van der Waals surface area contributed by atoms with Crippen molar-refractivity contribution in [2.45, 2.75) is 69.4 Å². The highest BCUT2D eigenvalue weighted by molar-refractivity contribution is 6.31. The van der Waals surface area contributed by atoms with Crippen molar-refractivity contribution in [1.82, 2.24) is 15.1 Å². The van der Waals surface area contributed by atoms with Crippen LogP contribution in [0.25, 0.3) is 0 Å². The Hall–Kier alpha value is -3.20. The van der Waals surface area contributed by atoms with Gasteiger partial charge in [-0.25, -0.2) is 0 Å². The number of carbonyl (C=O) groups is 3. The average molecular weight is 591 g/mol. The number of halogens is 1. The van der Waals surface area contributed by atoms with Crippen molar-refractivity contribution < 1.29 is 19.1 Å². The van der Waals surface area contributed by atoms with Crippen LogP contribution in [-0.4, -0.2) is 71.4 Å². The van der Waals surface area contributed by atoms with E-state index < -0.39 is 29.6 Å². The van der Waals surface area contributed by atoms with E-state index in [2.05, 4.69) is 27.7 Å². The molecule has 4 aliphatic rings. The summed E-state index contributed by atoms with van der Waals surface area (Å²) in [6.45, 7) is 3.54. The number of amides is 3. The number of nitrogens with one attached hydrogen (secondary N) is 2. The molecule has 2 N–H and O–H groups in total. The molecular weight excluding hydrogens is 552 g/mol. The molecular formula is C33H39ClN4O4. The quantitative estimate of drug-likeness (QED) is 0.425. The molecule has 3 amide bonds. The first kappa shape index (κ1) is 28.9. The Morgan fingerprint density at radius 1 is 1.10 bits per heavy atom. The molecule has 222 valence electrons. The second-order valence-electron chi connectivity index (χ2n) is 12.3. The Balaban J connectivity index is 1.25. The Morgan fingerprint density at radius 3 is 2.60 bits per heavy atom. The molecule has 3 fully saturated rings. The van der Waals surface area contributed by atoms with Gasteiger partial charge >= 0.3 is 0 Å². The van der Waals surface area contributed by atoms with Gasteiger partial charge in [-0.15, -0.1) is 0 Å². The molecule has 1 spiro atoms. The minimum atomic E-state index is -1.18. The summed E-state index contributed by atoms with van der Waals surface area (Å²) in [6, 6.07) is 14.8. The van der Waals surface area contributed by atoms with Crippen molar-refractivity contribution in [2.24, 2.45) is 11.8 Å². The van der Waals surface area contributed by atoms with Crippen molar-refractivity contribution in [3.05, 3.63) is 76.8 Å². The van der Waals surface area contributed by atoms with Crippen LogP contribution in [-0.2, 0) is 25.7 Å². The SMILES string of the molecule is Cc1ccc(NC(=O)[C@@H]2[C@@H]3C=C[C@]4(O3)[C@@H]2C(=O)N(CCN(C)Cc2ccccc2)[C@@H]4C(=O)NC2CCCCC2)cc1Cl. The number of nitrogens with zero attached hydrogens (tertiary/aromatic N) is 2. The highest BCUT2D eigenvalue weighted by Crippen LogP contribution is 2.55. The van der Waals surface area contributed by atoms with E-state index in [0.717, 1.165) is 37.8 Å². The molecule has 8 nitrogen and oxygen atoms in total. The van der Waals surface area contributed by atoms with Gasteiger partial charge in [0, 0.05) is 36.4 Å². The lowest BCUT2D eigenvalue weighted by Crippen LogP contribution is -2.57. The standard InChI is InChI=1S/C33H39ClN4O4/c1-21-13-14-24(19-25(21)34)36-30(39)27-26-15-16-33(42-26)28(27)32(41)38(18-17-37(2)20-22-9-5-3-6-10-22)29(33)31(40)35-23-11-7-4-8-12-23/h3,5-6,9-10,13-16,19,23,26-29H,4,7-8,11-12,17-18,20H2,1-2H3,(H,35,40)(H,36,39)/t26-,27+,28-,29+,33-/m0/s1. The minimum Gasteiger partial charge on any atom is -0.359 e. The molecule has 2 aromatic carbocycles. The Labute approximate surface area is 252 Å². The second kappa shape index (κ2) is 11.8. The van der Waals surface area contributed by atoms with E-state index in [0.29, 0.717) is 23.8 Å². The summed E-state index contributed by atoms with van der Waals surface area (Å²) in [5, 5.41) is 6.75. The molecule has 5 atom stereocenters. The highest BCUT2D eigenvalue weighted by atomic mass is 35.5. The number of carbonyl (C=O) groups excluding carboxylic acids is 3. The molecule has 3 aliphatic heterocycles. The van der Waals surface area contributed by atoms with Gasteiger partial charge < -0.3 is 25.2 Å². The van der Waals surface area contributed by atoms with E-state index in [1.807, 2.05) is 50.4 Å². The lowest BCUT2D eigenvalue weighted by Gasteiger charge is -2.34. The van der Waals surface area contributed by atoms with Crippen molar-refractivity contribution >= 4 is 35.0 Å². The van der Waals surface area contributed by atoms with Crippen LogP contribution in [0.2, 0.25) is 5.02 Å². The zero-order valence-corrected chi connectivity index (χ0v) is 25.0. The summed E-state index contributed by atoms with van der Waals surface area (Å²) in [5.41, 5.74) is 1.47. The lowest BCUT2D eigenvalue weighted by atomic mass is 9.74. The maximum absolute atomic E-state index is 14.2. The summed E-state index contributed by atoms with van der Waals surface area (Å²) in [4.78, 5) is 45.8. The fraction of sp³-hybridized carbons (Fsp3) is 0.485. The van der Waals surface area contributed by atoms with E-state index in [9.17, 15) is 14.4 Å². The maximum Gasteiger partial charge on any atom is 0.246 e. The van der Waals surface area contributed by atoms with E-state index >= 15 is 0 Å². The number of likely N-dealkylation sites (tertiary alicyclic amines) is 1. The van der Waals surface area contributed by atoms with Crippen molar-refractivity contribution in [2.75, 3.05) is 25.5 Å². The Bertz CT molecular complexity index is 1380. The molecule has 1 saturated carbocycles. The van der Waals surface area contributed by atoms with Crippen molar-refractivity contribution in [1.29, 1.82) is 0 Å². The van der Waals surface area contributed by atoms with Gasteiger partial charge in [0.15, 0.2) is 0 Å². The molecule has 0 radical (unpaired) electrons. The molecule has 1 aliphatic carbocycles. The summed E-state index contributed by atoms with van der Waals surface area (Å²) >= 11 is 6.30. The van der Waals surface area contributed by atoms with Crippen LogP contribution >= 0.6 is 11.6 Å². The monoisotopic (exact) mass is 590 g/mol. The number of hydrogen-bond donors (Lipinski definition) is 2. The van der Waals surface area contributed by atoms with Gasteiger partial charge in [-0.3, -0.25) is 14.4 Å². The van der Waals surface area contributed by atoms with Crippen molar-refractivity contribution in [3.63, 3.8) is 0 Å². The topological polar surface area (TPSA) is 91.0 Å². The first-order valence-electron chi connectivity index (χ1n) is 15.0. The fourth-order valence-corrected chi connectivity index (χ4v) is 7.36. The van der Waals surface area contributed by atoms with Crippen LogP contribution in [0.5, 0.6) is 0 Å². The average Bonchev–Trinajstić information content (AvgIpc) is 3.62.